The zero-order valence-corrected chi connectivity index (χ0v) is 17.0. The van der Waals surface area contributed by atoms with E-state index < -0.39 is 18.5 Å². The topological polar surface area (TPSA) is 75.7 Å². The fourth-order valence-electron chi connectivity index (χ4n) is 2.64. The molecule has 2 rings (SSSR count). The summed E-state index contributed by atoms with van der Waals surface area (Å²) in [7, 11) is 1.50. The number of esters is 1. The number of likely N-dealkylation sites (N-methyl/N-ethyl adjacent to an activating group) is 1. The summed E-state index contributed by atoms with van der Waals surface area (Å²) in [6.07, 6.45) is 0. The monoisotopic (exact) mass is 388 g/mol. The van der Waals surface area contributed by atoms with Gasteiger partial charge in [-0.3, -0.25) is 9.59 Å². The molecule has 0 saturated carbocycles. The second-order valence-corrected chi connectivity index (χ2v) is 7.93. The molecular weight excluding hydrogens is 364 g/mol. The Bertz CT molecular complexity index is 853. The Kier molecular flexibility index (Phi) is 6.74. The summed E-state index contributed by atoms with van der Waals surface area (Å²) in [5.74, 6) is -1.28. The predicted molar refractivity (Wildman–Crippen MR) is 106 cm³/mol. The molecule has 0 aliphatic heterocycles. The number of hydrogen-bond acceptors (Lipinski definition) is 5. The van der Waals surface area contributed by atoms with Gasteiger partial charge >= 0.3 is 5.97 Å². The molecule has 0 bridgehead atoms. The Labute approximate surface area is 163 Å². The van der Waals surface area contributed by atoms with Crippen LogP contribution >= 0.6 is 11.3 Å². The van der Waals surface area contributed by atoms with Crippen molar-refractivity contribution in [2.45, 2.75) is 27.7 Å². The van der Waals surface area contributed by atoms with Crippen LogP contribution in [0.2, 0.25) is 0 Å². The Balaban J connectivity index is 1.87. The van der Waals surface area contributed by atoms with Gasteiger partial charge in [0.05, 0.1) is 12.1 Å². The summed E-state index contributed by atoms with van der Waals surface area (Å²) in [6, 6.07) is 7.48. The lowest BCUT2D eigenvalue weighted by molar-refractivity contribution is -0.136. The van der Waals surface area contributed by atoms with E-state index in [0.29, 0.717) is 5.56 Å². The molecule has 7 heteroatoms. The van der Waals surface area contributed by atoms with Gasteiger partial charge in [-0.2, -0.15) is 0 Å². The minimum Gasteiger partial charge on any atom is -0.452 e. The first-order valence-corrected chi connectivity index (χ1v) is 9.35. The quantitative estimate of drug-likeness (QED) is 0.771. The van der Waals surface area contributed by atoms with Crippen LogP contribution in [-0.4, -0.2) is 42.9 Å². The molecule has 0 spiro atoms. The number of ether oxygens (including phenoxy) is 1. The van der Waals surface area contributed by atoms with Gasteiger partial charge in [0.2, 0.25) is 5.91 Å². The van der Waals surface area contributed by atoms with Gasteiger partial charge in [0, 0.05) is 22.5 Å². The highest BCUT2D eigenvalue weighted by Gasteiger charge is 2.18. The van der Waals surface area contributed by atoms with Crippen LogP contribution < -0.4 is 5.32 Å². The van der Waals surface area contributed by atoms with Crippen molar-refractivity contribution in [1.82, 2.24) is 4.90 Å². The Morgan fingerprint density at radius 1 is 1.11 bits per heavy atom. The third kappa shape index (κ3) is 5.40. The zero-order chi connectivity index (χ0) is 20.1. The maximum atomic E-state index is 12.2. The lowest BCUT2D eigenvalue weighted by Crippen LogP contribution is -2.37. The van der Waals surface area contributed by atoms with Gasteiger partial charge in [0.25, 0.3) is 5.91 Å². The summed E-state index contributed by atoms with van der Waals surface area (Å²) in [5.41, 5.74) is 3.12. The fourth-order valence-corrected chi connectivity index (χ4v) is 3.55. The van der Waals surface area contributed by atoms with E-state index in [1.165, 1.54) is 23.3 Å². The van der Waals surface area contributed by atoms with Crippen LogP contribution in [0.1, 0.15) is 31.2 Å². The molecule has 0 atom stereocenters. The smallest absolute Gasteiger partial charge is 0.339 e. The van der Waals surface area contributed by atoms with E-state index in [4.69, 9.17) is 4.74 Å². The van der Waals surface area contributed by atoms with Crippen molar-refractivity contribution in [2.24, 2.45) is 0 Å². The first-order valence-electron chi connectivity index (χ1n) is 8.53. The number of nitrogens with zero attached hydrogens (tertiary/aromatic N) is 1. The van der Waals surface area contributed by atoms with Gasteiger partial charge in [0.15, 0.2) is 6.61 Å². The first-order chi connectivity index (χ1) is 12.7. The molecule has 1 heterocycles. The highest BCUT2D eigenvalue weighted by atomic mass is 32.1. The fraction of sp³-hybridized carbons (Fsp3) is 0.350. The van der Waals surface area contributed by atoms with Crippen molar-refractivity contribution >= 4 is 34.8 Å². The number of rotatable bonds is 6. The van der Waals surface area contributed by atoms with E-state index in [0.717, 1.165) is 26.6 Å². The highest BCUT2D eigenvalue weighted by molar-refractivity contribution is 7.12. The predicted octanol–water partition coefficient (Wildman–Crippen LogP) is 3.24. The standard InChI is InChI=1S/C20H24N2O4S/c1-12-7-6-8-13(2)19(12)21-17(23)10-22(5)18(24)11-26-20(25)16-9-14(3)27-15(16)4/h6-9H,10-11H2,1-5H3,(H,21,23). The number of para-hydroxylation sites is 1. The van der Waals surface area contributed by atoms with Crippen molar-refractivity contribution in [3.05, 3.63) is 50.7 Å². The van der Waals surface area contributed by atoms with Crippen LogP contribution in [0.15, 0.2) is 24.3 Å². The van der Waals surface area contributed by atoms with Crippen molar-refractivity contribution in [3.63, 3.8) is 0 Å². The molecule has 0 saturated heterocycles. The van der Waals surface area contributed by atoms with E-state index in [2.05, 4.69) is 5.32 Å². The summed E-state index contributed by atoms with van der Waals surface area (Å²) < 4.78 is 5.09. The number of aryl methyl sites for hydroxylation is 4. The van der Waals surface area contributed by atoms with Crippen LogP contribution in [0.25, 0.3) is 0 Å². The first kappa shape index (κ1) is 20.6. The van der Waals surface area contributed by atoms with E-state index in [9.17, 15) is 14.4 Å². The van der Waals surface area contributed by atoms with Gasteiger partial charge < -0.3 is 15.0 Å². The second kappa shape index (κ2) is 8.81. The van der Waals surface area contributed by atoms with Gasteiger partial charge in [-0.1, -0.05) is 18.2 Å². The van der Waals surface area contributed by atoms with Gasteiger partial charge in [-0.15, -0.1) is 11.3 Å². The van der Waals surface area contributed by atoms with Crippen LogP contribution in [0.4, 0.5) is 5.69 Å². The number of amides is 2. The van der Waals surface area contributed by atoms with Crippen LogP contribution in [0.5, 0.6) is 0 Å². The molecule has 6 nitrogen and oxygen atoms in total. The number of hydrogen-bond donors (Lipinski definition) is 1. The summed E-state index contributed by atoms with van der Waals surface area (Å²) in [5, 5.41) is 2.83. The molecule has 0 aliphatic carbocycles. The number of anilines is 1. The van der Waals surface area contributed by atoms with Crippen LogP contribution in [-0.2, 0) is 14.3 Å². The number of thiophene rings is 1. The maximum absolute atomic E-state index is 12.2. The molecule has 1 N–H and O–H groups in total. The second-order valence-electron chi connectivity index (χ2n) is 6.47. The molecule has 0 aliphatic rings. The van der Waals surface area contributed by atoms with E-state index in [-0.39, 0.29) is 12.5 Å². The van der Waals surface area contributed by atoms with E-state index in [1.54, 1.807) is 6.07 Å². The molecule has 1 aromatic heterocycles. The Hall–Kier alpha value is -2.67. The van der Waals surface area contributed by atoms with Gasteiger partial charge in [0.1, 0.15) is 0 Å². The minimum atomic E-state index is -0.529. The zero-order valence-electron chi connectivity index (χ0n) is 16.2. The lowest BCUT2D eigenvalue weighted by atomic mass is 10.1. The highest BCUT2D eigenvalue weighted by Crippen LogP contribution is 2.21. The van der Waals surface area contributed by atoms with Gasteiger partial charge in [-0.25, -0.2) is 4.79 Å². The largest absolute Gasteiger partial charge is 0.452 e. The Morgan fingerprint density at radius 2 is 1.74 bits per heavy atom. The summed E-state index contributed by atoms with van der Waals surface area (Å²) in [6.45, 7) is 7.03. The number of carbonyl (C=O) groups excluding carboxylic acids is 3. The third-order valence-electron chi connectivity index (χ3n) is 4.14. The molecule has 2 aromatic rings. The SMILES string of the molecule is Cc1cc(C(=O)OCC(=O)N(C)CC(=O)Nc2c(C)cccc2C)c(C)s1. The average Bonchev–Trinajstić information content (AvgIpc) is 2.94. The Morgan fingerprint density at radius 3 is 2.30 bits per heavy atom. The number of carbonyl (C=O) groups is 3. The van der Waals surface area contributed by atoms with Crippen molar-refractivity contribution in [1.29, 1.82) is 0 Å². The number of nitrogens with one attached hydrogen (secondary N) is 1. The molecule has 1 aromatic carbocycles. The lowest BCUT2D eigenvalue weighted by Gasteiger charge is -2.18. The molecule has 0 unspecified atom stereocenters. The molecule has 27 heavy (non-hydrogen) atoms. The number of benzene rings is 1. The van der Waals surface area contributed by atoms with Crippen molar-refractivity contribution < 1.29 is 19.1 Å². The molecule has 2 amide bonds. The summed E-state index contributed by atoms with van der Waals surface area (Å²) >= 11 is 1.50. The van der Waals surface area contributed by atoms with Crippen LogP contribution in [0, 0.1) is 27.7 Å². The van der Waals surface area contributed by atoms with E-state index in [1.807, 2.05) is 45.9 Å². The molecule has 0 fully saturated rings. The van der Waals surface area contributed by atoms with Crippen molar-refractivity contribution in [2.75, 3.05) is 25.5 Å². The molecule has 0 radical (unpaired) electrons. The van der Waals surface area contributed by atoms with Crippen LogP contribution in [0.3, 0.4) is 0 Å². The normalized spacial score (nSPS) is 10.4. The van der Waals surface area contributed by atoms with Gasteiger partial charge in [-0.05, 0) is 44.9 Å². The maximum Gasteiger partial charge on any atom is 0.339 e. The molecule has 144 valence electrons. The third-order valence-corrected chi connectivity index (χ3v) is 5.11. The average molecular weight is 388 g/mol. The van der Waals surface area contributed by atoms with Crippen molar-refractivity contribution in [3.8, 4) is 0 Å². The van der Waals surface area contributed by atoms with E-state index >= 15 is 0 Å². The molecular formula is C20H24N2O4S. The minimum absolute atomic E-state index is 0.124. The summed E-state index contributed by atoms with van der Waals surface area (Å²) in [4.78, 5) is 39.6.